The van der Waals surface area contributed by atoms with E-state index in [1.165, 1.54) is 27.9 Å². The summed E-state index contributed by atoms with van der Waals surface area (Å²) >= 11 is 0. The zero-order valence-corrected chi connectivity index (χ0v) is 16.1. The van der Waals surface area contributed by atoms with E-state index in [9.17, 15) is 4.79 Å². The van der Waals surface area contributed by atoms with Crippen molar-refractivity contribution >= 4 is 11.5 Å². The lowest BCUT2D eigenvalue weighted by Gasteiger charge is -2.39. The van der Waals surface area contributed by atoms with Crippen LogP contribution in [0.25, 0.3) is 11.1 Å². The van der Waals surface area contributed by atoms with Crippen LogP contribution in [0.5, 0.6) is 0 Å². The highest BCUT2D eigenvalue weighted by molar-refractivity contribution is 5.94. The Morgan fingerprint density at radius 1 is 0.750 bits per heavy atom. The molecule has 0 amide bonds. The van der Waals surface area contributed by atoms with Crippen LogP contribution in [-0.2, 0) is 0 Å². The average molecular weight is 368 g/mol. The van der Waals surface area contributed by atoms with Crippen LogP contribution in [0.4, 0.5) is 5.69 Å². The summed E-state index contributed by atoms with van der Waals surface area (Å²) in [6.07, 6.45) is 0. The number of nitrogens with zero attached hydrogens (tertiary/aromatic N) is 2. The van der Waals surface area contributed by atoms with Crippen LogP contribution in [0.2, 0.25) is 0 Å². The Morgan fingerprint density at radius 3 is 1.82 bits per heavy atom. The molecule has 3 nitrogen and oxygen atoms in total. The van der Waals surface area contributed by atoms with Gasteiger partial charge < -0.3 is 4.90 Å². The summed E-state index contributed by atoms with van der Waals surface area (Å²) in [6.45, 7) is 5.68. The largest absolute Gasteiger partial charge is 0.369 e. The molecule has 0 unspecified atom stereocenters. The van der Waals surface area contributed by atoms with Crippen molar-refractivity contribution in [2.45, 2.75) is 13.0 Å². The van der Waals surface area contributed by atoms with Crippen LogP contribution in [0.1, 0.15) is 34.5 Å². The molecule has 1 aliphatic heterocycles. The summed E-state index contributed by atoms with van der Waals surface area (Å²) in [7, 11) is 0. The minimum absolute atomic E-state index is 0.120. The summed E-state index contributed by atoms with van der Waals surface area (Å²) in [5.41, 5.74) is 7.61. The maximum atomic E-state index is 11.5. The maximum absolute atomic E-state index is 11.5. The van der Waals surface area contributed by atoms with Gasteiger partial charge in [-0.15, -0.1) is 0 Å². The maximum Gasteiger partial charge on any atom is 0.159 e. The van der Waals surface area contributed by atoms with Crippen LogP contribution < -0.4 is 4.90 Å². The number of piperazine rings is 1. The summed E-state index contributed by atoms with van der Waals surface area (Å²) in [4.78, 5) is 16.5. The Labute approximate surface area is 166 Å². The Kier molecular flexibility index (Phi) is 4.25. The molecular weight excluding hydrogens is 344 g/mol. The number of carbonyl (C=O) groups excluding carboxylic acids is 1. The van der Waals surface area contributed by atoms with Gasteiger partial charge in [0.2, 0.25) is 0 Å². The molecular formula is C25H24N2O. The summed E-state index contributed by atoms with van der Waals surface area (Å²) in [6, 6.07) is 26.0. The number of hydrogen-bond acceptors (Lipinski definition) is 3. The first-order valence-electron chi connectivity index (χ1n) is 10.0. The van der Waals surface area contributed by atoms with E-state index in [4.69, 9.17) is 0 Å². The lowest BCUT2D eigenvalue weighted by atomic mass is 10.0. The van der Waals surface area contributed by atoms with Crippen molar-refractivity contribution < 1.29 is 4.79 Å². The second kappa shape index (κ2) is 6.92. The van der Waals surface area contributed by atoms with E-state index in [-0.39, 0.29) is 5.78 Å². The standard InChI is InChI=1S/C25H24N2O/c1-18(28)19-10-12-20(13-11-19)26-14-16-27(17-15-26)25-23-8-4-2-6-21(23)22-7-3-5-9-24(22)25/h2-13,25H,14-17H2,1H3. The molecule has 0 radical (unpaired) electrons. The first-order valence-corrected chi connectivity index (χ1v) is 10.0. The zero-order chi connectivity index (χ0) is 19.1. The van der Waals surface area contributed by atoms with Crippen molar-refractivity contribution in [2.75, 3.05) is 31.1 Å². The van der Waals surface area contributed by atoms with Gasteiger partial charge in [-0.2, -0.15) is 0 Å². The fourth-order valence-electron chi connectivity index (χ4n) is 4.67. The van der Waals surface area contributed by atoms with Gasteiger partial charge in [0.05, 0.1) is 6.04 Å². The van der Waals surface area contributed by atoms with Crippen LogP contribution in [-0.4, -0.2) is 36.9 Å². The number of hydrogen-bond donors (Lipinski definition) is 0. The monoisotopic (exact) mass is 368 g/mol. The molecule has 0 atom stereocenters. The topological polar surface area (TPSA) is 23.6 Å². The van der Waals surface area contributed by atoms with Crippen molar-refractivity contribution in [1.29, 1.82) is 0 Å². The number of anilines is 1. The molecule has 0 spiro atoms. The molecule has 3 aromatic rings. The third kappa shape index (κ3) is 2.83. The van der Waals surface area contributed by atoms with E-state index < -0.39 is 0 Å². The summed E-state index contributed by atoms with van der Waals surface area (Å²) < 4.78 is 0. The number of rotatable bonds is 3. The fraction of sp³-hybridized carbons (Fsp3) is 0.240. The number of carbonyl (C=O) groups is 1. The first-order chi connectivity index (χ1) is 13.7. The Hall–Kier alpha value is -2.91. The second-order valence-corrected chi connectivity index (χ2v) is 7.70. The highest BCUT2D eigenvalue weighted by atomic mass is 16.1. The Morgan fingerprint density at radius 2 is 1.29 bits per heavy atom. The summed E-state index contributed by atoms with van der Waals surface area (Å²) in [5, 5.41) is 0. The predicted molar refractivity (Wildman–Crippen MR) is 114 cm³/mol. The van der Waals surface area contributed by atoms with E-state index in [1.807, 2.05) is 12.1 Å². The lowest BCUT2D eigenvalue weighted by molar-refractivity contribution is 0.101. The van der Waals surface area contributed by atoms with Gasteiger partial charge in [0.25, 0.3) is 0 Å². The third-order valence-electron chi connectivity index (χ3n) is 6.12. The molecule has 0 bridgehead atoms. The van der Waals surface area contributed by atoms with Gasteiger partial charge in [-0.1, -0.05) is 48.5 Å². The first kappa shape index (κ1) is 17.2. The Balaban J connectivity index is 1.37. The van der Waals surface area contributed by atoms with Crippen molar-refractivity contribution in [3.8, 4) is 11.1 Å². The van der Waals surface area contributed by atoms with E-state index in [0.29, 0.717) is 6.04 Å². The molecule has 0 aromatic heterocycles. The van der Waals surface area contributed by atoms with Crippen LogP contribution >= 0.6 is 0 Å². The normalized spacial score (nSPS) is 16.7. The highest BCUT2D eigenvalue weighted by Gasteiger charge is 2.34. The molecule has 1 saturated heterocycles. The van der Waals surface area contributed by atoms with Gasteiger partial charge in [0.15, 0.2) is 5.78 Å². The van der Waals surface area contributed by atoms with Gasteiger partial charge in [0, 0.05) is 37.4 Å². The Bertz CT molecular complexity index is 971. The molecule has 2 aliphatic rings. The molecule has 0 N–H and O–H groups in total. The van der Waals surface area contributed by atoms with Gasteiger partial charge in [0.1, 0.15) is 0 Å². The fourth-order valence-corrected chi connectivity index (χ4v) is 4.67. The van der Waals surface area contributed by atoms with E-state index in [1.54, 1.807) is 6.92 Å². The molecule has 1 fully saturated rings. The number of Topliss-reactive ketones (excluding diaryl/α,β-unsaturated/α-hetero) is 1. The van der Waals surface area contributed by atoms with Gasteiger partial charge in [-0.25, -0.2) is 0 Å². The van der Waals surface area contributed by atoms with Gasteiger partial charge in [-0.05, 0) is 53.4 Å². The van der Waals surface area contributed by atoms with Crippen LogP contribution in [0.15, 0.2) is 72.8 Å². The minimum atomic E-state index is 0.120. The minimum Gasteiger partial charge on any atom is -0.369 e. The van der Waals surface area contributed by atoms with Gasteiger partial charge >= 0.3 is 0 Å². The molecule has 5 rings (SSSR count). The molecule has 140 valence electrons. The van der Waals surface area contributed by atoms with Crippen LogP contribution in [0.3, 0.4) is 0 Å². The van der Waals surface area contributed by atoms with E-state index in [0.717, 1.165) is 31.7 Å². The number of fused-ring (bicyclic) bond motifs is 3. The lowest BCUT2D eigenvalue weighted by Crippen LogP contribution is -2.47. The molecule has 1 aliphatic carbocycles. The molecule has 1 heterocycles. The van der Waals surface area contributed by atoms with Crippen LogP contribution in [0, 0.1) is 0 Å². The van der Waals surface area contributed by atoms with Crippen molar-refractivity contribution in [1.82, 2.24) is 4.90 Å². The molecule has 3 aromatic carbocycles. The molecule has 28 heavy (non-hydrogen) atoms. The van der Waals surface area contributed by atoms with E-state index >= 15 is 0 Å². The van der Waals surface area contributed by atoms with Crippen molar-refractivity contribution in [3.63, 3.8) is 0 Å². The molecule has 3 heteroatoms. The van der Waals surface area contributed by atoms with E-state index in [2.05, 4.69) is 70.5 Å². The summed E-state index contributed by atoms with van der Waals surface area (Å²) in [5.74, 6) is 0.120. The second-order valence-electron chi connectivity index (χ2n) is 7.70. The van der Waals surface area contributed by atoms with Gasteiger partial charge in [-0.3, -0.25) is 9.69 Å². The average Bonchev–Trinajstić information content (AvgIpc) is 3.08. The quantitative estimate of drug-likeness (QED) is 0.622. The third-order valence-corrected chi connectivity index (χ3v) is 6.12. The molecule has 0 saturated carbocycles. The highest BCUT2D eigenvalue weighted by Crippen LogP contribution is 2.46. The van der Waals surface area contributed by atoms with Crippen molar-refractivity contribution in [3.05, 3.63) is 89.5 Å². The SMILES string of the molecule is CC(=O)c1ccc(N2CCN(C3c4ccccc4-c4ccccc43)CC2)cc1. The predicted octanol–water partition coefficient (Wildman–Crippen LogP) is 4.78. The number of ketones is 1. The smallest absolute Gasteiger partial charge is 0.159 e. The van der Waals surface area contributed by atoms with Crippen molar-refractivity contribution in [2.24, 2.45) is 0 Å². The number of benzene rings is 3. The zero-order valence-electron chi connectivity index (χ0n) is 16.1.